The largest absolute Gasteiger partial charge is 0.492 e. The molecule has 3 rings (SSSR count). The maximum absolute atomic E-state index is 12.6. The van der Waals surface area contributed by atoms with Gasteiger partial charge in [0.2, 0.25) is 0 Å². The number of H-pyrrole nitrogens is 1. The number of ether oxygens (including phenoxy) is 2. The Kier molecular flexibility index (Phi) is 7.29. The number of nitrogens with one attached hydrogen (secondary N) is 1. The second kappa shape index (κ2) is 10.1. The SMILES string of the molecule is CCOC(=O)c1c(OCC2CCCCC2)cc(CCc2ccccc2)[nH]c1=O. The van der Waals surface area contributed by atoms with Gasteiger partial charge in [-0.2, -0.15) is 0 Å². The predicted octanol–water partition coefficient (Wildman–Crippen LogP) is 4.30. The van der Waals surface area contributed by atoms with Gasteiger partial charge >= 0.3 is 5.97 Å². The van der Waals surface area contributed by atoms with Crippen LogP contribution < -0.4 is 10.3 Å². The number of aromatic nitrogens is 1. The Morgan fingerprint density at radius 1 is 1.11 bits per heavy atom. The molecule has 1 aromatic carbocycles. The lowest BCUT2D eigenvalue weighted by Crippen LogP contribution is -2.24. The number of hydrogen-bond donors (Lipinski definition) is 1. The van der Waals surface area contributed by atoms with Crippen LogP contribution in [0, 0.1) is 5.92 Å². The third-order valence-corrected chi connectivity index (χ3v) is 5.26. The molecule has 0 radical (unpaired) electrons. The monoisotopic (exact) mass is 383 g/mol. The van der Waals surface area contributed by atoms with Crippen LogP contribution in [-0.4, -0.2) is 24.2 Å². The first kappa shape index (κ1) is 20.2. The zero-order chi connectivity index (χ0) is 19.8. The normalized spacial score (nSPS) is 14.6. The highest BCUT2D eigenvalue weighted by molar-refractivity contribution is 5.92. The molecule has 5 nitrogen and oxygen atoms in total. The average Bonchev–Trinajstić information content (AvgIpc) is 2.72. The molecule has 1 aliphatic carbocycles. The van der Waals surface area contributed by atoms with E-state index in [-0.39, 0.29) is 12.2 Å². The van der Waals surface area contributed by atoms with Crippen LogP contribution >= 0.6 is 0 Å². The van der Waals surface area contributed by atoms with Crippen molar-refractivity contribution >= 4 is 5.97 Å². The molecule has 1 N–H and O–H groups in total. The van der Waals surface area contributed by atoms with Crippen LogP contribution in [-0.2, 0) is 17.6 Å². The number of aromatic amines is 1. The van der Waals surface area contributed by atoms with Crippen molar-refractivity contribution in [2.45, 2.75) is 51.9 Å². The smallest absolute Gasteiger partial charge is 0.347 e. The van der Waals surface area contributed by atoms with Crippen molar-refractivity contribution in [3.8, 4) is 5.75 Å². The van der Waals surface area contributed by atoms with Gasteiger partial charge in [0.1, 0.15) is 5.75 Å². The molecule has 0 bridgehead atoms. The minimum absolute atomic E-state index is 0.0267. The average molecular weight is 383 g/mol. The lowest BCUT2D eigenvalue weighted by molar-refractivity contribution is 0.0518. The molecule has 1 fully saturated rings. The number of benzene rings is 1. The first-order chi connectivity index (χ1) is 13.7. The van der Waals surface area contributed by atoms with Gasteiger partial charge in [0.25, 0.3) is 5.56 Å². The van der Waals surface area contributed by atoms with Gasteiger partial charge in [0.15, 0.2) is 5.56 Å². The van der Waals surface area contributed by atoms with Crippen molar-refractivity contribution in [1.29, 1.82) is 0 Å². The number of esters is 1. The molecule has 28 heavy (non-hydrogen) atoms. The Hall–Kier alpha value is -2.56. The number of carbonyl (C=O) groups is 1. The van der Waals surface area contributed by atoms with Gasteiger partial charge in [-0.1, -0.05) is 49.6 Å². The molecule has 0 atom stereocenters. The number of hydrogen-bond acceptors (Lipinski definition) is 4. The summed E-state index contributed by atoms with van der Waals surface area (Å²) < 4.78 is 11.1. The molecule has 0 aliphatic heterocycles. The summed E-state index contributed by atoms with van der Waals surface area (Å²) in [6.45, 7) is 2.48. The van der Waals surface area contributed by atoms with E-state index in [0.717, 1.165) is 25.0 Å². The van der Waals surface area contributed by atoms with E-state index in [1.54, 1.807) is 13.0 Å². The van der Waals surface area contributed by atoms with Gasteiger partial charge < -0.3 is 14.5 Å². The Bertz CT molecular complexity index is 822. The van der Waals surface area contributed by atoms with Crippen LogP contribution in [0.15, 0.2) is 41.2 Å². The van der Waals surface area contributed by atoms with E-state index in [0.29, 0.717) is 24.7 Å². The molecule has 1 saturated carbocycles. The predicted molar refractivity (Wildman–Crippen MR) is 109 cm³/mol. The van der Waals surface area contributed by atoms with E-state index >= 15 is 0 Å². The van der Waals surface area contributed by atoms with E-state index in [1.807, 2.05) is 18.2 Å². The maximum Gasteiger partial charge on any atom is 0.347 e. The van der Waals surface area contributed by atoms with E-state index in [4.69, 9.17) is 9.47 Å². The van der Waals surface area contributed by atoms with Crippen LogP contribution in [0.4, 0.5) is 0 Å². The maximum atomic E-state index is 12.6. The molecule has 0 saturated heterocycles. The van der Waals surface area contributed by atoms with Crippen molar-refractivity contribution in [3.63, 3.8) is 0 Å². The fourth-order valence-corrected chi connectivity index (χ4v) is 3.72. The number of rotatable bonds is 8. The van der Waals surface area contributed by atoms with Crippen LogP contribution in [0.5, 0.6) is 5.75 Å². The summed E-state index contributed by atoms with van der Waals surface area (Å²) in [6.07, 6.45) is 7.46. The minimum atomic E-state index is -0.628. The topological polar surface area (TPSA) is 68.4 Å². The summed E-state index contributed by atoms with van der Waals surface area (Å²) >= 11 is 0. The first-order valence-corrected chi connectivity index (χ1v) is 10.3. The van der Waals surface area contributed by atoms with Gasteiger partial charge in [0, 0.05) is 11.8 Å². The van der Waals surface area contributed by atoms with Gasteiger partial charge in [-0.05, 0) is 44.1 Å². The highest BCUT2D eigenvalue weighted by Crippen LogP contribution is 2.26. The van der Waals surface area contributed by atoms with Crippen molar-refractivity contribution < 1.29 is 14.3 Å². The van der Waals surface area contributed by atoms with Crippen molar-refractivity contribution in [2.75, 3.05) is 13.2 Å². The summed E-state index contributed by atoms with van der Waals surface area (Å²) in [5, 5.41) is 0. The molecule has 1 heterocycles. The molecule has 0 unspecified atom stereocenters. The van der Waals surface area contributed by atoms with Gasteiger partial charge in [-0.15, -0.1) is 0 Å². The van der Waals surface area contributed by atoms with E-state index in [9.17, 15) is 9.59 Å². The van der Waals surface area contributed by atoms with Gasteiger partial charge in [-0.25, -0.2) is 4.79 Å². The molecule has 150 valence electrons. The van der Waals surface area contributed by atoms with Crippen molar-refractivity contribution in [1.82, 2.24) is 4.98 Å². The quantitative estimate of drug-likeness (QED) is 0.690. The number of pyridine rings is 1. The Balaban J connectivity index is 1.78. The first-order valence-electron chi connectivity index (χ1n) is 10.3. The van der Waals surface area contributed by atoms with Gasteiger partial charge in [0.05, 0.1) is 13.2 Å². The van der Waals surface area contributed by atoms with E-state index < -0.39 is 11.5 Å². The molecule has 1 aliphatic rings. The minimum Gasteiger partial charge on any atom is -0.492 e. The molecular formula is C23H29NO4. The van der Waals surface area contributed by atoms with Crippen LogP contribution in [0.2, 0.25) is 0 Å². The molecule has 0 amide bonds. The third kappa shape index (κ3) is 5.47. The fraction of sp³-hybridized carbons (Fsp3) is 0.478. The zero-order valence-corrected chi connectivity index (χ0v) is 16.5. The molecule has 1 aromatic heterocycles. The zero-order valence-electron chi connectivity index (χ0n) is 16.5. The lowest BCUT2D eigenvalue weighted by atomic mass is 9.90. The molecule has 5 heteroatoms. The van der Waals surface area contributed by atoms with Gasteiger partial charge in [-0.3, -0.25) is 4.79 Å². The standard InChI is InChI=1S/C23H29NO4/c1-2-27-23(26)21-20(28-16-18-11-7-4-8-12-18)15-19(24-22(21)25)14-13-17-9-5-3-6-10-17/h3,5-6,9-10,15,18H,2,4,7-8,11-14,16H2,1H3,(H,24,25). The Labute approximate surface area is 166 Å². The summed E-state index contributed by atoms with van der Waals surface area (Å²) in [4.78, 5) is 27.7. The summed E-state index contributed by atoms with van der Waals surface area (Å²) in [6, 6.07) is 11.9. The highest BCUT2D eigenvalue weighted by Gasteiger charge is 2.22. The number of carbonyl (C=O) groups excluding carboxylic acids is 1. The Morgan fingerprint density at radius 2 is 1.86 bits per heavy atom. The van der Waals surface area contributed by atoms with E-state index in [1.165, 1.54) is 24.8 Å². The summed E-state index contributed by atoms with van der Waals surface area (Å²) in [5.74, 6) is 0.198. The number of aryl methyl sites for hydroxylation is 2. The highest BCUT2D eigenvalue weighted by atomic mass is 16.5. The second-order valence-corrected chi connectivity index (χ2v) is 7.38. The van der Waals surface area contributed by atoms with E-state index in [2.05, 4.69) is 17.1 Å². The molecule has 2 aromatic rings. The van der Waals surface area contributed by atoms with Crippen LogP contribution in [0.1, 0.15) is 60.6 Å². The van der Waals surface area contributed by atoms with Crippen LogP contribution in [0.25, 0.3) is 0 Å². The third-order valence-electron chi connectivity index (χ3n) is 5.26. The summed E-state index contributed by atoms with van der Waals surface area (Å²) in [5.41, 5.74) is 1.49. The van der Waals surface area contributed by atoms with Crippen molar-refractivity contribution in [2.24, 2.45) is 5.92 Å². The Morgan fingerprint density at radius 3 is 2.57 bits per heavy atom. The fourth-order valence-electron chi connectivity index (χ4n) is 3.72. The molecular weight excluding hydrogens is 354 g/mol. The second-order valence-electron chi connectivity index (χ2n) is 7.38. The lowest BCUT2D eigenvalue weighted by Gasteiger charge is -2.22. The summed E-state index contributed by atoms with van der Waals surface area (Å²) in [7, 11) is 0. The van der Waals surface area contributed by atoms with Crippen LogP contribution in [0.3, 0.4) is 0 Å². The molecule has 0 spiro atoms. The van der Waals surface area contributed by atoms with Crippen molar-refractivity contribution in [3.05, 3.63) is 63.6 Å².